The van der Waals surface area contributed by atoms with Crippen LogP contribution in [0.1, 0.15) is 23.4 Å². The van der Waals surface area contributed by atoms with Crippen molar-refractivity contribution in [3.8, 4) is 0 Å². The van der Waals surface area contributed by atoms with Gasteiger partial charge in [-0.25, -0.2) is 4.98 Å². The molecule has 1 fully saturated rings. The Labute approximate surface area is 149 Å². The van der Waals surface area contributed by atoms with Gasteiger partial charge >= 0.3 is 5.88 Å². The second-order valence-corrected chi connectivity index (χ2v) is 6.52. The Morgan fingerprint density at radius 2 is 2.00 bits per heavy atom. The number of imidazole rings is 1. The van der Waals surface area contributed by atoms with Gasteiger partial charge in [0.05, 0.1) is 23.4 Å². The van der Waals surface area contributed by atoms with E-state index in [9.17, 15) is 14.9 Å². The first-order chi connectivity index (χ1) is 12.6. The number of hydrogen-bond donors (Lipinski definition) is 0. The maximum atomic E-state index is 12.4. The van der Waals surface area contributed by atoms with Crippen molar-refractivity contribution in [1.29, 1.82) is 0 Å². The number of para-hydroxylation sites is 2. The third-order valence-corrected chi connectivity index (χ3v) is 4.87. The van der Waals surface area contributed by atoms with Crippen LogP contribution in [0.2, 0.25) is 0 Å². The molecule has 1 saturated heterocycles. The molecular formula is C18H18N4O4. The van der Waals surface area contributed by atoms with E-state index >= 15 is 0 Å². The van der Waals surface area contributed by atoms with Gasteiger partial charge < -0.3 is 13.9 Å². The summed E-state index contributed by atoms with van der Waals surface area (Å²) in [6.07, 6.45) is 3.62. The van der Waals surface area contributed by atoms with Crippen LogP contribution in [0.25, 0.3) is 11.0 Å². The summed E-state index contributed by atoms with van der Waals surface area (Å²) < 4.78 is 7.18. The van der Waals surface area contributed by atoms with Crippen molar-refractivity contribution in [2.24, 2.45) is 5.92 Å². The average Bonchev–Trinajstić information content (AvgIpc) is 3.30. The number of carbonyl (C=O) groups is 1. The lowest BCUT2D eigenvalue weighted by atomic mass is 9.96. The molecule has 1 aromatic carbocycles. The van der Waals surface area contributed by atoms with Crippen LogP contribution >= 0.6 is 0 Å². The van der Waals surface area contributed by atoms with E-state index in [0.717, 1.165) is 30.4 Å². The molecule has 0 atom stereocenters. The van der Waals surface area contributed by atoms with Gasteiger partial charge in [0.25, 0.3) is 5.91 Å². The van der Waals surface area contributed by atoms with Gasteiger partial charge in [-0.1, -0.05) is 12.1 Å². The van der Waals surface area contributed by atoms with Crippen LogP contribution in [0.4, 0.5) is 5.88 Å². The second kappa shape index (κ2) is 6.62. The first-order valence-electron chi connectivity index (χ1n) is 8.55. The predicted molar refractivity (Wildman–Crippen MR) is 93.7 cm³/mol. The standard InChI is InChI=1S/C18H18N4O4/c23-18(16-5-6-17(26-16)22(24)25)20-9-7-13(8-10-20)11-21-12-19-14-3-1-2-4-15(14)21/h1-6,12-13H,7-11H2. The molecule has 1 amide bonds. The maximum Gasteiger partial charge on any atom is 0.433 e. The number of amides is 1. The summed E-state index contributed by atoms with van der Waals surface area (Å²) in [5, 5.41) is 10.7. The van der Waals surface area contributed by atoms with Crippen molar-refractivity contribution in [2.45, 2.75) is 19.4 Å². The summed E-state index contributed by atoms with van der Waals surface area (Å²) in [6, 6.07) is 10.6. The molecule has 26 heavy (non-hydrogen) atoms. The monoisotopic (exact) mass is 354 g/mol. The number of nitro groups is 1. The molecule has 3 heterocycles. The van der Waals surface area contributed by atoms with Crippen LogP contribution in [-0.2, 0) is 6.54 Å². The Morgan fingerprint density at radius 1 is 1.23 bits per heavy atom. The molecule has 0 spiro atoms. The molecule has 0 saturated carbocycles. The second-order valence-electron chi connectivity index (χ2n) is 6.52. The van der Waals surface area contributed by atoms with Gasteiger partial charge in [-0.05, 0) is 37.0 Å². The van der Waals surface area contributed by atoms with Crippen molar-refractivity contribution in [1.82, 2.24) is 14.5 Å². The lowest BCUT2D eigenvalue weighted by Crippen LogP contribution is -2.39. The molecule has 3 aromatic rings. The molecule has 134 valence electrons. The molecular weight excluding hydrogens is 336 g/mol. The van der Waals surface area contributed by atoms with Crippen molar-refractivity contribution in [2.75, 3.05) is 13.1 Å². The van der Waals surface area contributed by atoms with Crippen LogP contribution in [0.15, 0.2) is 47.1 Å². The minimum Gasteiger partial charge on any atom is -0.395 e. The molecule has 0 aliphatic carbocycles. The third-order valence-electron chi connectivity index (χ3n) is 4.87. The van der Waals surface area contributed by atoms with E-state index in [1.165, 1.54) is 12.1 Å². The molecule has 0 N–H and O–H groups in total. The normalized spacial score (nSPS) is 15.5. The average molecular weight is 354 g/mol. The van der Waals surface area contributed by atoms with E-state index in [2.05, 4.69) is 15.6 Å². The Balaban J connectivity index is 1.37. The van der Waals surface area contributed by atoms with E-state index in [-0.39, 0.29) is 11.7 Å². The highest BCUT2D eigenvalue weighted by molar-refractivity contribution is 5.91. The maximum absolute atomic E-state index is 12.4. The molecule has 4 rings (SSSR count). The molecule has 0 unspecified atom stereocenters. The summed E-state index contributed by atoms with van der Waals surface area (Å²) in [5.41, 5.74) is 2.11. The Morgan fingerprint density at radius 3 is 2.73 bits per heavy atom. The van der Waals surface area contributed by atoms with Gasteiger partial charge in [0, 0.05) is 19.6 Å². The van der Waals surface area contributed by atoms with Crippen molar-refractivity contribution < 1.29 is 14.1 Å². The van der Waals surface area contributed by atoms with Crippen LogP contribution < -0.4 is 0 Å². The number of hydrogen-bond acceptors (Lipinski definition) is 5. The highest BCUT2D eigenvalue weighted by Crippen LogP contribution is 2.24. The zero-order chi connectivity index (χ0) is 18.1. The van der Waals surface area contributed by atoms with Gasteiger partial charge in [-0.15, -0.1) is 0 Å². The first-order valence-corrected chi connectivity index (χ1v) is 8.55. The number of piperidine rings is 1. The topological polar surface area (TPSA) is 94.4 Å². The number of aromatic nitrogens is 2. The Bertz CT molecular complexity index is 953. The summed E-state index contributed by atoms with van der Waals surface area (Å²) in [4.78, 5) is 28.6. The number of fused-ring (bicyclic) bond motifs is 1. The van der Waals surface area contributed by atoms with E-state index in [4.69, 9.17) is 4.42 Å². The van der Waals surface area contributed by atoms with Crippen LogP contribution in [0.5, 0.6) is 0 Å². The third kappa shape index (κ3) is 3.05. The largest absolute Gasteiger partial charge is 0.433 e. The fourth-order valence-electron chi connectivity index (χ4n) is 3.45. The molecule has 2 aromatic heterocycles. The molecule has 8 heteroatoms. The number of benzene rings is 1. The smallest absolute Gasteiger partial charge is 0.395 e. The number of likely N-dealkylation sites (tertiary alicyclic amines) is 1. The first kappa shape index (κ1) is 16.3. The lowest BCUT2D eigenvalue weighted by Gasteiger charge is -2.31. The fraction of sp³-hybridized carbons (Fsp3) is 0.333. The summed E-state index contributed by atoms with van der Waals surface area (Å²) in [7, 11) is 0. The number of furan rings is 1. The van der Waals surface area contributed by atoms with Crippen LogP contribution in [-0.4, -0.2) is 38.4 Å². The molecule has 8 nitrogen and oxygen atoms in total. The van der Waals surface area contributed by atoms with Gasteiger partial charge in [-0.2, -0.15) is 0 Å². The molecule has 1 aliphatic rings. The zero-order valence-electron chi connectivity index (χ0n) is 14.1. The Hall–Kier alpha value is -3.16. The van der Waals surface area contributed by atoms with E-state index in [1.54, 1.807) is 4.90 Å². The number of nitrogens with zero attached hydrogens (tertiary/aromatic N) is 4. The van der Waals surface area contributed by atoms with Gasteiger partial charge in [0.15, 0.2) is 5.76 Å². The minimum absolute atomic E-state index is 0.0238. The molecule has 1 aliphatic heterocycles. The summed E-state index contributed by atoms with van der Waals surface area (Å²) >= 11 is 0. The summed E-state index contributed by atoms with van der Waals surface area (Å²) in [6.45, 7) is 2.10. The number of carbonyl (C=O) groups excluding carboxylic acids is 1. The van der Waals surface area contributed by atoms with Gasteiger partial charge in [-0.3, -0.25) is 14.9 Å². The SMILES string of the molecule is O=C(c1ccc([N+](=O)[O-])o1)N1CCC(Cn2cnc3ccccc32)CC1. The lowest BCUT2D eigenvalue weighted by molar-refractivity contribution is -0.402. The van der Waals surface area contributed by atoms with E-state index < -0.39 is 10.8 Å². The molecule has 0 radical (unpaired) electrons. The predicted octanol–water partition coefficient (Wildman–Crippen LogP) is 3.09. The highest BCUT2D eigenvalue weighted by atomic mass is 16.6. The van der Waals surface area contributed by atoms with Gasteiger partial charge in [0.1, 0.15) is 4.92 Å². The minimum atomic E-state index is -0.640. The zero-order valence-corrected chi connectivity index (χ0v) is 14.1. The quantitative estimate of drug-likeness (QED) is 0.530. The summed E-state index contributed by atoms with van der Waals surface area (Å²) in [5.74, 6) is -0.210. The number of rotatable bonds is 4. The van der Waals surface area contributed by atoms with Crippen LogP contribution in [0, 0.1) is 16.0 Å². The molecule has 0 bridgehead atoms. The van der Waals surface area contributed by atoms with Crippen LogP contribution in [0.3, 0.4) is 0 Å². The van der Waals surface area contributed by atoms with Gasteiger partial charge in [0.2, 0.25) is 0 Å². The Kier molecular flexibility index (Phi) is 4.16. The van der Waals surface area contributed by atoms with E-state index in [1.807, 2.05) is 24.5 Å². The van der Waals surface area contributed by atoms with Crippen molar-refractivity contribution >= 4 is 22.8 Å². The van der Waals surface area contributed by atoms with Crippen molar-refractivity contribution in [3.63, 3.8) is 0 Å². The van der Waals surface area contributed by atoms with Crippen molar-refractivity contribution in [3.05, 3.63) is 58.6 Å². The fourth-order valence-corrected chi connectivity index (χ4v) is 3.45. The highest BCUT2D eigenvalue weighted by Gasteiger charge is 2.27. The van der Waals surface area contributed by atoms with E-state index in [0.29, 0.717) is 19.0 Å².